The second-order valence-corrected chi connectivity index (χ2v) is 11.4. The van der Waals surface area contributed by atoms with Crippen molar-refractivity contribution < 1.29 is 22.7 Å². The number of sulfonamides is 1. The van der Waals surface area contributed by atoms with Crippen molar-refractivity contribution in [2.45, 2.75) is 38.3 Å². The van der Waals surface area contributed by atoms with Crippen LogP contribution in [-0.4, -0.2) is 46.1 Å². The van der Waals surface area contributed by atoms with Gasteiger partial charge in [-0.2, -0.15) is 12.8 Å². The Morgan fingerprint density at radius 2 is 1.67 bits per heavy atom. The normalized spacial score (nSPS) is 19.0. The van der Waals surface area contributed by atoms with Crippen molar-refractivity contribution in [3.63, 3.8) is 0 Å². The third kappa shape index (κ3) is 3.87. The van der Waals surface area contributed by atoms with Gasteiger partial charge in [0.05, 0.1) is 6.04 Å². The number of hydrogen-bond donors (Lipinski definition) is 1. The molecule has 3 heterocycles. The van der Waals surface area contributed by atoms with Gasteiger partial charge in [-0.25, -0.2) is 14.4 Å². The van der Waals surface area contributed by atoms with Crippen LogP contribution in [0.2, 0.25) is 0 Å². The number of carbonyl (C=O) groups is 1. The maximum absolute atomic E-state index is 13.7. The molecule has 0 bridgehead atoms. The summed E-state index contributed by atoms with van der Waals surface area (Å²) in [5, 5.41) is 11.4. The molecule has 0 saturated carbocycles. The first-order valence-corrected chi connectivity index (χ1v) is 12.7. The molecule has 36 heavy (non-hydrogen) atoms. The first-order chi connectivity index (χ1) is 17.0. The fourth-order valence-corrected chi connectivity index (χ4v) is 6.19. The molecule has 5 rings (SSSR count). The van der Waals surface area contributed by atoms with E-state index >= 15 is 0 Å². The second kappa shape index (κ2) is 8.34. The van der Waals surface area contributed by atoms with Crippen LogP contribution in [0.4, 0.5) is 4.39 Å². The minimum Gasteiger partial charge on any atom is -0.509 e. The molecule has 1 atom stereocenters. The fraction of sp³-hybridized carbons (Fsp3) is 0.231. The van der Waals surface area contributed by atoms with Gasteiger partial charge in [0.2, 0.25) is 0 Å². The van der Waals surface area contributed by atoms with E-state index in [2.05, 4.69) is 14.4 Å². The smallest absolute Gasteiger partial charge is 0.284 e. The largest absolute Gasteiger partial charge is 0.509 e. The zero-order chi connectivity index (χ0) is 25.8. The minimum absolute atomic E-state index is 0.0628. The predicted octanol–water partition coefficient (Wildman–Crippen LogP) is 4.04. The molecule has 0 radical (unpaired) electrons. The zero-order valence-electron chi connectivity index (χ0n) is 19.8. The molecular formula is C26H23FN4O4S. The number of halogens is 1. The monoisotopic (exact) mass is 506 g/mol. The Morgan fingerprint density at radius 3 is 2.31 bits per heavy atom. The molecule has 8 nitrogen and oxygen atoms in total. The molecule has 0 spiro atoms. The predicted molar refractivity (Wildman–Crippen MR) is 131 cm³/mol. The van der Waals surface area contributed by atoms with Crippen molar-refractivity contribution in [1.29, 1.82) is 0 Å². The lowest BCUT2D eigenvalue weighted by Crippen LogP contribution is -2.43. The maximum atomic E-state index is 13.7. The Balaban J connectivity index is 1.64. The molecule has 10 heteroatoms. The number of carbonyl (C=O) groups excluding carboxylic acids is 1. The third-order valence-electron chi connectivity index (χ3n) is 6.24. The number of aliphatic hydroxyl groups is 1. The lowest BCUT2D eigenvalue weighted by atomic mass is 9.84. The summed E-state index contributed by atoms with van der Waals surface area (Å²) in [6.45, 7) is 5.71. The van der Waals surface area contributed by atoms with Crippen molar-refractivity contribution in [2.75, 3.05) is 0 Å². The van der Waals surface area contributed by atoms with E-state index < -0.39 is 33.2 Å². The minimum atomic E-state index is -4.18. The van der Waals surface area contributed by atoms with Gasteiger partial charge in [0.1, 0.15) is 34.1 Å². The van der Waals surface area contributed by atoms with E-state index in [0.717, 1.165) is 0 Å². The zero-order valence-corrected chi connectivity index (χ0v) is 20.6. The standard InChI is InChI=1S/C26H23FN4O4S/c1-26(2,3)24-22(32)20(25(33)31(24)13-15-7-9-17(27)10-8-15)21-19-6-4-5-18(16-11-28-14-29-12-16)23(19)36(34,35)30-21/h4-12,14,24,32H,13H2,1-3H3. The molecule has 184 valence electrons. The lowest BCUT2D eigenvalue weighted by molar-refractivity contribution is -0.129. The molecule has 1 N–H and O–H groups in total. The van der Waals surface area contributed by atoms with Gasteiger partial charge in [-0.1, -0.05) is 51.1 Å². The van der Waals surface area contributed by atoms with Crippen molar-refractivity contribution in [1.82, 2.24) is 14.9 Å². The molecule has 0 saturated heterocycles. The quantitative estimate of drug-likeness (QED) is 0.571. The Kier molecular flexibility index (Phi) is 5.51. The average Bonchev–Trinajstić information content (AvgIpc) is 3.24. The van der Waals surface area contributed by atoms with E-state index in [1.807, 2.05) is 20.8 Å². The van der Waals surface area contributed by atoms with E-state index in [4.69, 9.17) is 0 Å². The summed E-state index contributed by atoms with van der Waals surface area (Å²) in [6.07, 6.45) is 4.33. The van der Waals surface area contributed by atoms with Gasteiger partial charge in [-0.05, 0) is 23.1 Å². The van der Waals surface area contributed by atoms with Crippen molar-refractivity contribution in [3.8, 4) is 11.1 Å². The summed E-state index contributed by atoms with van der Waals surface area (Å²) in [5.41, 5.74) is 0.890. The molecule has 2 aliphatic rings. The molecule has 2 aliphatic heterocycles. The van der Waals surface area contributed by atoms with Gasteiger partial charge in [0.15, 0.2) is 0 Å². The van der Waals surface area contributed by atoms with Crippen LogP contribution in [-0.2, 0) is 21.4 Å². The van der Waals surface area contributed by atoms with Gasteiger partial charge in [-0.15, -0.1) is 0 Å². The van der Waals surface area contributed by atoms with Crippen molar-refractivity contribution in [3.05, 3.63) is 89.5 Å². The number of hydrogen-bond acceptors (Lipinski definition) is 6. The van der Waals surface area contributed by atoms with Gasteiger partial charge >= 0.3 is 0 Å². The molecule has 1 unspecified atom stereocenters. The molecular weight excluding hydrogens is 483 g/mol. The van der Waals surface area contributed by atoms with E-state index in [0.29, 0.717) is 16.7 Å². The van der Waals surface area contributed by atoms with Crippen LogP contribution >= 0.6 is 0 Å². The molecule has 0 fully saturated rings. The third-order valence-corrected chi connectivity index (χ3v) is 7.61. The summed E-state index contributed by atoms with van der Waals surface area (Å²) in [5.74, 6) is -1.20. The average molecular weight is 507 g/mol. The maximum Gasteiger partial charge on any atom is 0.284 e. The van der Waals surface area contributed by atoms with Crippen LogP contribution < -0.4 is 0 Å². The first kappa shape index (κ1) is 23.8. The number of rotatable bonds is 4. The topological polar surface area (TPSA) is 113 Å². The molecule has 1 amide bonds. The SMILES string of the molecule is CC(C)(C)C1C(O)=C(C2=NS(=O)(=O)c3c2cccc3-c2cncnc2)C(=O)N1Cc1ccc(F)cc1. The fourth-order valence-electron chi connectivity index (χ4n) is 4.77. The highest BCUT2D eigenvalue weighted by molar-refractivity contribution is 7.91. The summed E-state index contributed by atoms with van der Waals surface area (Å²) >= 11 is 0. The van der Waals surface area contributed by atoms with Crippen LogP contribution in [0.3, 0.4) is 0 Å². The van der Waals surface area contributed by atoms with Crippen molar-refractivity contribution >= 4 is 21.6 Å². The lowest BCUT2D eigenvalue weighted by Gasteiger charge is -2.35. The molecule has 0 aliphatic carbocycles. The Bertz CT molecular complexity index is 1540. The van der Waals surface area contributed by atoms with E-state index in [1.165, 1.54) is 35.8 Å². The number of fused-ring (bicyclic) bond motifs is 1. The highest BCUT2D eigenvalue weighted by Gasteiger charge is 2.49. The Hall–Kier alpha value is -3.92. The van der Waals surface area contributed by atoms with Crippen LogP contribution in [0.5, 0.6) is 0 Å². The van der Waals surface area contributed by atoms with Crippen molar-refractivity contribution in [2.24, 2.45) is 9.81 Å². The first-order valence-electron chi connectivity index (χ1n) is 11.2. The highest BCUT2D eigenvalue weighted by Crippen LogP contribution is 2.42. The van der Waals surface area contributed by atoms with Gasteiger partial charge in [0.25, 0.3) is 15.9 Å². The Labute approximate surface area is 207 Å². The number of nitrogens with zero attached hydrogens (tertiary/aromatic N) is 4. The number of amides is 1. The van der Waals surface area contributed by atoms with Crippen LogP contribution in [0.15, 0.2) is 81.8 Å². The van der Waals surface area contributed by atoms with Gasteiger partial charge < -0.3 is 10.0 Å². The summed E-state index contributed by atoms with van der Waals surface area (Å²) in [6, 6.07) is 9.84. The van der Waals surface area contributed by atoms with Gasteiger partial charge in [0, 0.05) is 35.6 Å². The number of aliphatic hydroxyl groups excluding tert-OH is 1. The summed E-state index contributed by atoms with van der Waals surface area (Å²) in [7, 11) is -4.18. The molecule has 3 aromatic rings. The summed E-state index contributed by atoms with van der Waals surface area (Å²) in [4.78, 5) is 23.1. The van der Waals surface area contributed by atoms with E-state index in [-0.39, 0.29) is 34.0 Å². The highest BCUT2D eigenvalue weighted by atomic mass is 32.2. The van der Waals surface area contributed by atoms with Crippen LogP contribution in [0.1, 0.15) is 31.9 Å². The van der Waals surface area contributed by atoms with Crippen LogP contribution in [0, 0.1) is 11.2 Å². The Morgan fingerprint density at radius 1 is 1.03 bits per heavy atom. The van der Waals surface area contributed by atoms with E-state index in [1.54, 1.807) is 30.3 Å². The summed E-state index contributed by atoms with van der Waals surface area (Å²) < 4.78 is 43.8. The van der Waals surface area contributed by atoms with E-state index in [9.17, 15) is 22.7 Å². The molecule has 1 aromatic heterocycles. The second-order valence-electron chi connectivity index (χ2n) is 9.81. The number of benzene rings is 2. The number of aromatic nitrogens is 2. The van der Waals surface area contributed by atoms with Gasteiger partial charge in [-0.3, -0.25) is 4.79 Å². The molecule has 2 aromatic carbocycles. The van der Waals surface area contributed by atoms with Crippen LogP contribution in [0.25, 0.3) is 11.1 Å².